The molecule has 0 amide bonds. The highest BCUT2D eigenvalue weighted by Gasteiger charge is 2.56. The van der Waals surface area contributed by atoms with Crippen molar-refractivity contribution < 1.29 is 9.53 Å². The summed E-state index contributed by atoms with van der Waals surface area (Å²) in [4.78, 5) is 12.7. The molecule has 0 N–H and O–H groups in total. The summed E-state index contributed by atoms with van der Waals surface area (Å²) in [5, 5.41) is 0. The summed E-state index contributed by atoms with van der Waals surface area (Å²) in [5.74, 6) is 1.33. The molecule has 3 rings (SSSR count). The molecule has 3 heteroatoms. The zero-order valence-corrected chi connectivity index (χ0v) is 15.1. The molecule has 0 saturated heterocycles. The first-order valence-corrected chi connectivity index (χ1v) is 11.8. The number of hydrogen-bond acceptors (Lipinski definition) is 2. The van der Waals surface area contributed by atoms with E-state index in [-0.39, 0.29) is 5.97 Å². The summed E-state index contributed by atoms with van der Waals surface area (Å²) in [6.07, 6.45) is 3.04. The van der Waals surface area contributed by atoms with Crippen molar-refractivity contribution in [3.05, 3.63) is 47.2 Å². The molecule has 2 aliphatic rings. The molecule has 2 nitrogen and oxygen atoms in total. The van der Waals surface area contributed by atoms with Crippen molar-refractivity contribution in [1.82, 2.24) is 0 Å². The molecule has 0 aliphatic heterocycles. The van der Waals surface area contributed by atoms with Crippen molar-refractivity contribution >= 4 is 14.0 Å². The number of methoxy groups -OCH3 is 1. The smallest absolute Gasteiger partial charge is 0.316 e. The number of fused-ring (bicyclic) bond motifs is 1. The second kappa shape index (κ2) is 5.38. The molecule has 1 aromatic rings. The van der Waals surface area contributed by atoms with Crippen LogP contribution in [0.3, 0.4) is 0 Å². The fourth-order valence-electron chi connectivity index (χ4n) is 4.09. The van der Waals surface area contributed by atoms with E-state index in [0.717, 1.165) is 24.3 Å². The quantitative estimate of drug-likeness (QED) is 0.613. The van der Waals surface area contributed by atoms with Gasteiger partial charge in [-0.05, 0) is 36.7 Å². The van der Waals surface area contributed by atoms with Crippen molar-refractivity contribution in [1.29, 1.82) is 0 Å². The Morgan fingerprint density at radius 2 is 1.95 bits per heavy atom. The van der Waals surface area contributed by atoms with E-state index >= 15 is 0 Å². The van der Waals surface area contributed by atoms with Gasteiger partial charge in [-0.15, -0.1) is 0 Å². The van der Waals surface area contributed by atoms with Crippen LogP contribution in [-0.4, -0.2) is 21.2 Å². The number of carbonyl (C=O) groups excluding carboxylic acids is 1. The van der Waals surface area contributed by atoms with Crippen LogP contribution in [0.15, 0.2) is 41.6 Å². The van der Waals surface area contributed by atoms with E-state index in [0.29, 0.717) is 5.92 Å². The van der Waals surface area contributed by atoms with Crippen LogP contribution in [0, 0.1) is 11.8 Å². The van der Waals surface area contributed by atoms with E-state index in [9.17, 15) is 4.79 Å². The Bertz CT molecular complexity index is 600. The molecular weight excluding hydrogens is 288 g/mol. The van der Waals surface area contributed by atoms with Gasteiger partial charge in [0, 0.05) is 0 Å². The number of esters is 1. The Morgan fingerprint density at radius 3 is 2.55 bits per heavy atom. The van der Waals surface area contributed by atoms with E-state index in [1.807, 2.05) is 18.2 Å². The maximum atomic E-state index is 12.7. The molecule has 0 bridgehead atoms. The third-order valence-corrected chi connectivity index (χ3v) is 6.27. The van der Waals surface area contributed by atoms with Gasteiger partial charge in [0.05, 0.1) is 20.6 Å². The van der Waals surface area contributed by atoms with E-state index in [1.165, 1.54) is 19.1 Å². The second-order valence-corrected chi connectivity index (χ2v) is 13.0. The van der Waals surface area contributed by atoms with Crippen LogP contribution < -0.4 is 0 Å². The molecule has 2 saturated carbocycles. The molecule has 0 aromatic heterocycles. The summed E-state index contributed by atoms with van der Waals surface area (Å²) >= 11 is 0. The predicted molar refractivity (Wildman–Crippen MR) is 92.4 cm³/mol. The van der Waals surface area contributed by atoms with Crippen molar-refractivity contribution in [2.24, 2.45) is 11.8 Å². The summed E-state index contributed by atoms with van der Waals surface area (Å²) in [6.45, 7) is 7.11. The van der Waals surface area contributed by atoms with E-state index in [2.05, 4.69) is 37.5 Å². The molecule has 0 heterocycles. The fourth-order valence-corrected chi connectivity index (χ4v) is 5.52. The number of ether oxygens (including phenoxy) is 1. The van der Waals surface area contributed by atoms with Gasteiger partial charge in [-0.3, -0.25) is 4.79 Å². The summed E-state index contributed by atoms with van der Waals surface area (Å²) < 4.78 is 5.24. The zero-order chi connectivity index (χ0) is 16.0. The fraction of sp³-hybridized carbons (Fsp3) is 0.526. The Balaban J connectivity index is 2.04. The van der Waals surface area contributed by atoms with Gasteiger partial charge in [0.15, 0.2) is 0 Å². The molecule has 0 radical (unpaired) electrons. The predicted octanol–water partition coefficient (Wildman–Crippen LogP) is 4.33. The van der Waals surface area contributed by atoms with Crippen molar-refractivity contribution in [3.8, 4) is 0 Å². The number of benzene rings is 1. The van der Waals surface area contributed by atoms with Crippen LogP contribution in [0.1, 0.15) is 24.8 Å². The molecule has 3 atom stereocenters. The molecular formula is C19H26O2Si. The highest BCUT2D eigenvalue weighted by molar-refractivity contribution is 6.81. The number of carbonyl (C=O) groups is 1. The molecule has 2 aliphatic carbocycles. The summed E-state index contributed by atoms with van der Waals surface area (Å²) in [5.41, 5.74) is 4.69. The lowest BCUT2D eigenvalue weighted by Crippen LogP contribution is -2.41. The average Bonchev–Trinajstić information content (AvgIpc) is 3.25. The maximum Gasteiger partial charge on any atom is 0.316 e. The van der Waals surface area contributed by atoms with Gasteiger partial charge >= 0.3 is 5.97 Å². The highest BCUT2D eigenvalue weighted by atomic mass is 28.3. The molecule has 1 unspecified atom stereocenters. The molecule has 1 aromatic carbocycles. The third kappa shape index (κ3) is 2.79. The van der Waals surface area contributed by atoms with Gasteiger partial charge < -0.3 is 4.74 Å². The minimum absolute atomic E-state index is 0.0643. The zero-order valence-electron chi connectivity index (χ0n) is 14.1. The van der Waals surface area contributed by atoms with Gasteiger partial charge in [0.25, 0.3) is 0 Å². The van der Waals surface area contributed by atoms with Crippen LogP contribution in [0.25, 0.3) is 0 Å². The third-order valence-electron chi connectivity index (χ3n) is 5.04. The van der Waals surface area contributed by atoms with Crippen molar-refractivity contribution in [2.75, 3.05) is 7.11 Å². The Hall–Kier alpha value is -1.35. The van der Waals surface area contributed by atoms with E-state index < -0.39 is 13.5 Å². The monoisotopic (exact) mass is 314 g/mol. The van der Waals surface area contributed by atoms with Gasteiger partial charge in [-0.1, -0.05) is 61.2 Å². The largest absolute Gasteiger partial charge is 0.468 e. The first kappa shape index (κ1) is 15.5. The second-order valence-electron chi connectivity index (χ2n) is 8.01. The SMILES string of the molecule is COC(=O)C1(c2ccccc2)C/C(=C/[Si](C)(C)C)[C@H]2C[C@H]2C1. The van der Waals surface area contributed by atoms with Gasteiger partial charge in [-0.2, -0.15) is 0 Å². The normalized spacial score (nSPS) is 32.5. The summed E-state index contributed by atoms with van der Waals surface area (Å²) in [7, 11) is 0.239. The highest BCUT2D eigenvalue weighted by Crippen LogP contribution is 2.59. The van der Waals surface area contributed by atoms with Crippen LogP contribution in [0.4, 0.5) is 0 Å². The number of allylic oxidation sites excluding steroid dienone is 1. The maximum absolute atomic E-state index is 12.7. The topological polar surface area (TPSA) is 26.3 Å². The number of rotatable bonds is 3. The van der Waals surface area contributed by atoms with Crippen molar-refractivity contribution in [3.63, 3.8) is 0 Å². The molecule has 22 heavy (non-hydrogen) atoms. The summed E-state index contributed by atoms with van der Waals surface area (Å²) in [6, 6.07) is 10.2. The van der Waals surface area contributed by atoms with Gasteiger partial charge in [0.1, 0.15) is 0 Å². The lowest BCUT2D eigenvalue weighted by atomic mass is 9.68. The molecule has 118 valence electrons. The molecule has 0 spiro atoms. The van der Waals surface area contributed by atoms with Crippen LogP contribution in [0.5, 0.6) is 0 Å². The first-order chi connectivity index (χ1) is 10.4. The minimum atomic E-state index is -1.28. The van der Waals surface area contributed by atoms with E-state index in [4.69, 9.17) is 4.74 Å². The van der Waals surface area contributed by atoms with Gasteiger partial charge in [0.2, 0.25) is 0 Å². The average molecular weight is 315 g/mol. The molecule has 2 fully saturated rings. The Morgan fingerprint density at radius 1 is 1.27 bits per heavy atom. The Labute approximate surface area is 134 Å². The van der Waals surface area contributed by atoms with Gasteiger partial charge in [-0.25, -0.2) is 0 Å². The van der Waals surface area contributed by atoms with Crippen molar-refractivity contribution in [2.45, 2.75) is 44.3 Å². The van der Waals surface area contributed by atoms with Crippen LogP contribution in [0.2, 0.25) is 19.6 Å². The first-order valence-electron chi connectivity index (χ1n) is 8.21. The standard InChI is InChI=1S/C19H26O2Si/c1-21-18(20)19(16-8-6-5-7-9-16)11-14-10-17(14)15(12-19)13-22(2,3)4/h5-9,13-14,17H,10-12H2,1-4H3/b15-13-/t14-,17-,19?/m0/s1. The van der Waals surface area contributed by atoms with Crippen LogP contribution >= 0.6 is 0 Å². The number of hydrogen-bond donors (Lipinski definition) is 0. The lowest BCUT2D eigenvalue weighted by Gasteiger charge is -2.36. The minimum Gasteiger partial charge on any atom is -0.468 e. The van der Waals surface area contributed by atoms with Crippen LogP contribution in [-0.2, 0) is 14.9 Å². The lowest BCUT2D eigenvalue weighted by molar-refractivity contribution is -0.148. The van der Waals surface area contributed by atoms with E-state index in [1.54, 1.807) is 0 Å². The Kier molecular flexibility index (Phi) is 3.80.